The van der Waals surface area contributed by atoms with Crippen LogP contribution in [-0.2, 0) is 16.0 Å². The maximum absolute atomic E-state index is 12.4. The third-order valence-electron chi connectivity index (χ3n) is 4.42. The lowest BCUT2D eigenvalue weighted by Gasteiger charge is -2.19. The van der Waals surface area contributed by atoms with Crippen molar-refractivity contribution in [2.75, 3.05) is 13.2 Å². The minimum absolute atomic E-state index is 0.0607. The number of aliphatic hydroxyl groups is 1. The number of rotatable bonds is 6. The molecule has 1 atom stereocenters. The molecule has 2 amide bonds. The minimum Gasteiger partial charge on any atom is -0.447 e. The Bertz CT molecular complexity index is 816. The number of carbonyl (C=O) groups is 2. The molecule has 1 N–H and O–H groups in total. The molecule has 0 bridgehead atoms. The van der Waals surface area contributed by atoms with E-state index in [1.807, 2.05) is 37.3 Å². The normalized spacial score (nSPS) is 15.5. The van der Waals surface area contributed by atoms with Gasteiger partial charge >= 0.3 is 6.09 Å². The molecular formula is C22H25ClFNO4. The maximum atomic E-state index is 12.4. The Balaban J connectivity index is 0.000000278. The van der Waals surface area contributed by atoms with Gasteiger partial charge < -0.3 is 9.84 Å². The third-order valence-corrected chi connectivity index (χ3v) is 4.72. The smallest absolute Gasteiger partial charge is 0.416 e. The summed E-state index contributed by atoms with van der Waals surface area (Å²) in [4.78, 5) is 25.0. The summed E-state index contributed by atoms with van der Waals surface area (Å²) in [6.45, 7) is 2.13. The Morgan fingerprint density at radius 1 is 1.24 bits per heavy atom. The van der Waals surface area contributed by atoms with Crippen molar-refractivity contribution < 1.29 is 23.8 Å². The molecule has 1 heterocycles. The summed E-state index contributed by atoms with van der Waals surface area (Å²) in [6.07, 6.45) is 1.47. The summed E-state index contributed by atoms with van der Waals surface area (Å²) in [5.74, 6) is -0.571. The highest BCUT2D eigenvalue weighted by Gasteiger charge is 2.37. The molecule has 5 nitrogen and oxygen atoms in total. The maximum Gasteiger partial charge on any atom is 0.416 e. The standard InChI is InChI=1S/C15H19NO4.C7H6ClF/c17-9-5-4-8-14(18)16-13(11-20-15(16)19)10-12-6-2-1-3-7-12;1-5-2-3-6(8)7(9)4-5/h1-3,6-7,13,17H,4-5,8-11H2;2-4H,1H3/t13-;/m1./s1. The third kappa shape index (κ3) is 7.15. The first-order valence-corrected chi connectivity index (χ1v) is 9.85. The number of aryl methyl sites for hydroxylation is 1. The average Bonchev–Trinajstić information content (AvgIpc) is 3.06. The van der Waals surface area contributed by atoms with Crippen molar-refractivity contribution in [3.05, 3.63) is 70.5 Å². The predicted molar refractivity (Wildman–Crippen MR) is 109 cm³/mol. The Labute approximate surface area is 175 Å². The number of cyclic esters (lactones) is 1. The Morgan fingerprint density at radius 3 is 2.59 bits per heavy atom. The van der Waals surface area contributed by atoms with E-state index in [9.17, 15) is 14.0 Å². The lowest BCUT2D eigenvalue weighted by atomic mass is 10.1. The highest BCUT2D eigenvalue weighted by atomic mass is 35.5. The van der Waals surface area contributed by atoms with Crippen molar-refractivity contribution in [3.63, 3.8) is 0 Å². The van der Waals surface area contributed by atoms with E-state index in [1.54, 1.807) is 12.1 Å². The van der Waals surface area contributed by atoms with Crippen molar-refractivity contribution in [3.8, 4) is 0 Å². The summed E-state index contributed by atoms with van der Waals surface area (Å²) in [6, 6.07) is 14.2. The van der Waals surface area contributed by atoms with Crippen LogP contribution >= 0.6 is 11.6 Å². The lowest BCUT2D eigenvalue weighted by molar-refractivity contribution is -0.129. The fourth-order valence-corrected chi connectivity index (χ4v) is 3.03. The number of imide groups is 1. The molecule has 29 heavy (non-hydrogen) atoms. The molecule has 7 heteroatoms. The number of ether oxygens (including phenoxy) is 1. The number of hydrogen-bond acceptors (Lipinski definition) is 4. The van der Waals surface area contributed by atoms with E-state index < -0.39 is 6.09 Å². The molecule has 2 aromatic carbocycles. The van der Waals surface area contributed by atoms with E-state index in [-0.39, 0.29) is 42.4 Å². The molecule has 0 aliphatic carbocycles. The first kappa shape index (κ1) is 22.8. The van der Waals surface area contributed by atoms with Gasteiger partial charge in [-0.2, -0.15) is 0 Å². The number of carbonyl (C=O) groups excluding carboxylic acids is 2. The van der Waals surface area contributed by atoms with Crippen LogP contribution in [0, 0.1) is 12.7 Å². The van der Waals surface area contributed by atoms with Crippen LogP contribution in [0.3, 0.4) is 0 Å². The van der Waals surface area contributed by atoms with Gasteiger partial charge in [0.2, 0.25) is 5.91 Å². The number of nitrogens with zero attached hydrogens (tertiary/aromatic N) is 1. The fourth-order valence-electron chi connectivity index (χ4n) is 2.91. The highest BCUT2D eigenvalue weighted by Crippen LogP contribution is 2.19. The minimum atomic E-state index is -0.556. The van der Waals surface area contributed by atoms with Crippen LogP contribution in [0.1, 0.15) is 30.4 Å². The summed E-state index contributed by atoms with van der Waals surface area (Å²) < 4.78 is 17.4. The molecule has 2 aromatic rings. The van der Waals surface area contributed by atoms with Crippen LogP contribution in [0.5, 0.6) is 0 Å². The van der Waals surface area contributed by atoms with Gasteiger partial charge in [-0.25, -0.2) is 14.1 Å². The molecule has 1 aliphatic heterocycles. The molecule has 0 saturated carbocycles. The van der Waals surface area contributed by atoms with E-state index in [0.29, 0.717) is 19.3 Å². The van der Waals surface area contributed by atoms with E-state index >= 15 is 0 Å². The second-order valence-electron chi connectivity index (χ2n) is 6.78. The van der Waals surface area contributed by atoms with Gasteiger partial charge in [0.05, 0.1) is 11.1 Å². The molecule has 156 valence electrons. The van der Waals surface area contributed by atoms with Crippen LogP contribution in [-0.4, -0.2) is 41.3 Å². The van der Waals surface area contributed by atoms with E-state index in [0.717, 1.165) is 11.1 Å². The molecular weight excluding hydrogens is 397 g/mol. The zero-order chi connectivity index (χ0) is 21.2. The first-order chi connectivity index (χ1) is 13.9. The van der Waals surface area contributed by atoms with Crippen molar-refractivity contribution in [2.24, 2.45) is 0 Å². The van der Waals surface area contributed by atoms with Gasteiger partial charge in [0.25, 0.3) is 0 Å². The van der Waals surface area contributed by atoms with E-state index in [1.165, 1.54) is 11.0 Å². The monoisotopic (exact) mass is 421 g/mol. The number of amides is 2. The number of hydrogen-bond donors (Lipinski definition) is 1. The highest BCUT2D eigenvalue weighted by molar-refractivity contribution is 6.30. The number of halogens is 2. The molecule has 3 rings (SSSR count). The number of aliphatic hydroxyl groups excluding tert-OH is 1. The molecule has 1 fully saturated rings. The van der Waals surface area contributed by atoms with Crippen molar-refractivity contribution in [1.29, 1.82) is 0 Å². The quantitative estimate of drug-likeness (QED) is 0.696. The summed E-state index contributed by atoms with van der Waals surface area (Å²) in [5.41, 5.74) is 1.96. The van der Waals surface area contributed by atoms with Crippen LogP contribution in [0.25, 0.3) is 0 Å². The fraction of sp³-hybridized carbons (Fsp3) is 0.364. The number of benzene rings is 2. The van der Waals surface area contributed by atoms with Gasteiger partial charge in [-0.3, -0.25) is 4.79 Å². The number of unbranched alkanes of at least 4 members (excludes halogenated alkanes) is 1. The first-order valence-electron chi connectivity index (χ1n) is 9.47. The molecule has 0 aromatic heterocycles. The topological polar surface area (TPSA) is 66.8 Å². The van der Waals surface area contributed by atoms with E-state index in [2.05, 4.69) is 0 Å². The van der Waals surface area contributed by atoms with Crippen LogP contribution < -0.4 is 0 Å². The van der Waals surface area contributed by atoms with Crippen molar-refractivity contribution >= 4 is 23.6 Å². The largest absolute Gasteiger partial charge is 0.447 e. The van der Waals surface area contributed by atoms with Gasteiger partial charge in [-0.1, -0.05) is 48.0 Å². The zero-order valence-electron chi connectivity index (χ0n) is 16.3. The summed E-state index contributed by atoms with van der Waals surface area (Å²) in [5, 5.41) is 8.91. The summed E-state index contributed by atoms with van der Waals surface area (Å²) in [7, 11) is 0. The van der Waals surface area contributed by atoms with E-state index in [4.69, 9.17) is 21.4 Å². The van der Waals surface area contributed by atoms with Gasteiger partial charge in [0, 0.05) is 13.0 Å². The lowest BCUT2D eigenvalue weighted by Crippen LogP contribution is -2.40. The molecule has 0 spiro atoms. The second kappa shape index (κ2) is 11.5. The molecule has 1 saturated heterocycles. The van der Waals surface area contributed by atoms with Crippen LogP contribution in [0.2, 0.25) is 5.02 Å². The molecule has 0 radical (unpaired) electrons. The van der Waals surface area contributed by atoms with Crippen LogP contribution in [0.4, 0.5) is 9.18 Å². The van der Waals surface area contributed by atoms with Crippen LogP contribution in [0.15, 0.2) is 48.5 Å². The van der Waals surface area contributed by atoms with Gasteiger partial charge in [-0.05, 0) is 49.4 Å². The average molecular weight is 422 g/mol. The zero-order valence-corrected chi connectivity index (χ0v) is 17.1. The Morgan fingerprint density at radius 2 is 1.97 bits per heavy atom. The van der Waals surface area contributed by atoms with Crippen molar-refractivity contribution in [1.82, 2.24) is 4.90 Å². The second-order valence-corrected chi connectivity index (χ2v) is 7.19. The van der Waals surface area contributed by atoms with Gasteiger partial charge in [-0.15, -0.1) is 0 Å². The predicted octanol–water partition coefficient (Wildman–Crippen LogP) is 4.53. The summed E-state index contributed by atoms with van der Waals surface area (Å²) >= 11 is 5.41. The van der Waals surface area contributed by atoms with Gasteiger partial charge in [0.1, 0.15) is 12.4 Å². The Kier molecular flexibility index (Phi) is 9.09. The molecule has 0 unspecified atom stereocenters. The molecule has 1 aliphatic rings. The van der Waals surface area contributed by atoms with Crippen molar-refractivity contribution in [2.45, 2.75) is 38.6 Å². The Hall–Kier alpha value is -2.44. The SMILES string of the molecule is Cc1ccc(Cl)c(F)c1.O=C(CCCCO)N1C(=O)OC[C@H]1Cc1ccccc1. The van der Waals surface area contributed by atoms with Gasteiger partial charge in [0.15, 0.2) is 0 Å².